The van der Waals surface area contributed by atoms with E-state index in [4.69, 9.17) is 4.74 Å². The molecule has 0 bridgehead atoms. The van der Waals surface area contributed by atoms with Crippen molar-refractivity contribution in [2.24, 2.45) is 0 Å². The van der Waals surface area contributed by atoms with Crippen LogP contribution in [0.25, 0.3) is 11.3 Å². The van der Waals surface area contributed by atoms with Gasteiger partial charge in [-0.25, -0.2) is 0 Å². The molecule has 6 nitrogen and oxygen atoms in total. The number of hydrogen-bond donors (Lipinski definition) is 0. The van der Waals surface area contributed by atoms with Crippen LogP contribution in [0.4, 0.5) is 5.69 Å². The summed E-state index contributed by atoms with van der Waals surface area (Å²) in [4.78, 5) is 20.3. The summed E-state index contributed by atoms with van der Waals surface area (Å²) in [5.41, 5.74) is 2.11. The highest BCUT2D eigenvalue weighted by molar-refractivity contribution is 7.98. The minimum atomic E-state index is -0.585. The Balaban J connectivity index is 1.95. The summed E-state index contributed by atoms with van der Waals surface area (Å²) in [6, 6.07) is 11.6. The Morgan fingerprint density at radius 2 is 2.11 bits per heavy atom. The summed E-state index contributed by atoms with van der Waals surface area (Å²) >= 11 is 2.95. The number of thiophene rings is 1. The van der Waals surface area contributed by atoms with Crippen molar-refractivity contribution in [2.45, 2.75) is 31.1 Å². The summed E-state index contributed by atoms with van der Waals surface area (Å²) in [5.74, 6) is 0.404. The Morgan fingerprint density at radius 3 is 2.85 bits per heavy atom. The third-order valence-electron chi connectivity index (χ3n) is 4.21. The molecule has 1 amide bonds. The number of rotatable bonds is 4. The number of carbonyl (C=O) groups is 1. The molecular formula is C19H18N4O2S2. The summed E-state index contributed by atoms with van der Waals surface area (Å²) in [6.45, 7) is 2.00. The minimum Gasteiger partial charge on any atom is -0.446 e. The highest BCUT2D eigenvalue weighted by atomic mass is 32.2. The number of ether oxygens (including phenoxy) is 1. The normalized spacial score (nSPS) is 15.5. The van der Waals surface area contributed by atoms with Crippen molar-refractivity contribution in [3.05, 3.63) is 46.7 Å². The molecule has 0 aliphatic carbocycles. The van der Waals surface area contributed by atoms with Gasteiger partial charge in [-0.3, -0.25) is 9.69 Å². The predicted molar refractivity (Wildman–Crippen MR) is 107 cm³/mol. The van der Waals surface area contributed by atoms with Crippen LogP contribution in [0.3, 0.4) is 0 Å². The predicted octanol–water partition coefficient (Wildman–Crippen LogP) is 4.55. The van der Waals surface area contributed by atoms with Crippen LogP contribution in [0.5, 0.6) is 5.88 Å². The van der Waals surface area contributed by atoms with Crippen molar-refractivity contribution >= 4 is 34.7 Å². The lowest BCUT2D eigenvalue weighted by molar-refractivity contribution is -0.120. The van der Waals surface area contributed by atoms with E-state index < -0.39 is 6.23 Å². The smallest absolute Gasteiger partial charge is 0.247 e. The van der Waals surface area contributed by atoms with E-state index in [0.717, 1.165) is 22.5 Å². The zero-order valence-corrected chi connectivity index (χ0v) is 16.6. The summed E-state index contributed by atoms with van der Waals surface area (Å²) in [6.07, 6.45) is 2.50. The number of nitrogens with zero attached hydrogens (tertiary/aromatic N) is 4. The molecule has 0 saturated heterocycles. The van der Waals surface area contributed by atoms with Gasteiger partial charge in [0.05, 0.1) is 10.6 Å². The van der Waals surface area contributed by atoms with E-state index in [1.54, 1.807) is 16.2 Å². The molecule has 0 fully saturated rings. The quantitative estimate of drug-likeness (QED) is 0.601. The number of thioether (sulfide) groups is 1. The molecule has 0 N–H and O–H groups in total. The highest BCUT2D eigenvalue weighted by Gasteiger charge is 2.35. The van der Waals surface area contributed by atoms with Gasteiger partial charge in [0, 0.05) is 12.0 Å². The topological polar surface area (TPSA) is 68.2 Å². The van der Waals surface area contributed by atoms with Crippen LogP contribution in [0.2, 0.25) is 0 Å². The van der Waals surface area contributed by atoms with Gasteiger partial charge in [0.2, 0.25) is 23.2 Å². The van der Waals surface area contributed by atoms with E-state index in [0.29, 0.717) is 23.2 Å². The van der Waals surface area contributed by atoms with Crippen molar-refractivity contribution in [1.82, 2.24) is 15.2 Å². The molecule has 1 aliphatic heterocycles. The summed E-state index contributed by atoms with van der Waals surface area (Å²) in [7, 11) is 0. The molecule has 3 heterocycles. The Hall–Kier alpha value is -2.45. The first-order valence-corrected chi connectivity index (χ1v) is 10.7. The van der Waals surface area contributed by atoms with E-state index in [9.17, 15) is 4.79 Å². The lowest BCUT2D eigenvalue weighted by Crippen LogP contribution is -2.37. The van der Waals surface area contributed by atoms with Gasteiger partial charge >= 0.3 is 0 Å². The Labute approximate surface area is 165 Å². The van der Waals surface area contributed by atoms with Gasteiger partial charge in [-0.05, 0) is 30.2 Å². The highest BCUT2D eigenvalue weighted by Crippen LogP contribution is 2.44. The molecule has 8 heteroatoms. The van der Waals surface area contributed by atoms with Gasteiger partial charge < -0.3 is 4.74 Å². The molecule has 0 unspecified atom stereocenters. The Kier molecular flexibility index (Phi) is 5.09. The van der Waals surface area contributed by atoms with Gasteiger partial charge in [-0.1, -0.05) is 43.0 Å². The number of hydrogen-bond acceptors (Lipinski definition) is 7. The number of fused-ring (bicyclic) bond motifs is 3. The van der Waals surface area contributed by atoms with Gasteiger partial charge in [0.15, 0.2) is 5.69 Å². The molecular weight excluding hydrogens is 380 g/mol. The number of carbonyl (C=O) groups excluding carboxylic acids is 1. The van der Waals surface area contributed by atoms with E-state index in [1.165, 1.54) is 11.8 Å². The van der Waals surface area contributed by atoms with Crippen LogP contribution in [-0.4, -0.2) is 27.3 Å². The molecule has 0 radical (unpaired) electrons. The van der Waals surface area contributed by atoms with Crippen molar-refractivity contribution in [1.29, 1.82) is 0 Å². The molecule has 27 heavy (non-hydrogen) atoms. The zero-order chi connectivity index (χ0) is 18.8. The van der Waals surface area contributed by atoms with E-state index in [1.807, 2.05) is 55.0 Å². The van der Waals surface area contributed by atoms with Crippen molar-refractivity contribution in [2.75, 3.05) is 11.2 Å². The molecule has 2 aromatic heterocycles. The second kappa shape index (κ2) is 7.66. The third kappa shape index (κ3) is 3.30. The first-order chi connectivity index (χ1) is 13.2. The maximum Gasteiger partial charge on any atom is 0.247 e. The zero-order valence-electron chi connectivity index (χ0n) is 15.0. The van der Waals surface area contributed by atoms with Crippen LogP contribution in [-0.2, 0) is 4.79 Å². The third-order valence-corrected chi connectivity index (χ3v) is 5.65. The van der Waals surface area contributed by atoms with Gasteiger partial charge in [0.25, 0.3) is 0 Å². The number of amides is 1. The number of para-hydroxylation sites is 1. The van der Waals surface area contributed by atoms with Crippen molar-refractivity contribution in [3.8, 4) is 17.1 Å². The maximum atomic E-state index is 13.1. The fraction of sp³-hybridized carbons (Fsp3) is 0.263. The number of aromatic nitrogens is 3. The van der Waals surface area contributed by atoms with Gasteiger partial charge in [-0.2, -0.15) is 4.98 Å². The molecule has 138 valence electrons. The SMILES string of the molecule is CCCC(=O)N1c2ccccc2-c2nnc(SC)nc2O[C@H]1c1cccs1. The average molecular weight is 399 g/mol. The average Bonchev–Trinajstić information content (AvgIpc) is 3.18. The molecule has 1 aromatic carbocycles. The molecule has 0 saturated carbocycles. The maximum absolute atomic E-state index is 13.1. The fourth-order valence-corrected chi connectivity index (χ4v) is 4.06. The standard InChI is InChI=1S/C19H18N4O2S2/c1-3-7-15(24)23-13-9-5-4-8-12(13)16-17(20-19(26-2)22-21-16)25-18(23)14-10-6-11-27-14/h4-6,8-11,18H,3,7H2,1-2H3/t18-/m0/s1. The van der Waals surface area contributed by atoms with E-state index >= 15 is 0 Å². The number of anilines is 1. The van der Waals surface area contributed by atoms with Crippen molar-refractivity contribution < 1.29 is 9.53 Å². The fourth-order valence-electron chi connectivity index (χ4n) is 3.02. The molecule has 4 rings (SSSR count). The summed E-state index contributed by atoms with van der Waals surface area (Å²) in [5, 5.41) is 11.0. The Bertz CT molecular complexity index is 962. The van der Waals surface area contributed by atoms with Crippen LogP contribution in [0.15, 0.2) is 46.9 Å². The monoisotopic (exact) mass is 398 g/mol. The molecule has 0 spiro atoms. The lowest BCUT2D eigenvalue weighted by Gasteiger charge is -2.29. The minimum absolute atomic E-state index is 0.00852. The van der Waals surface area contributed by atoms with E-state index in [2.05, 4.69) is 15.2 Å². The van der Waals surface area contributed by atoms with Crippen LogP contribution >= 0.6 is 23.1 Å². The Morgan fingerprint density at radius 1 is 1.26 bits per heavy atom. The van der Waals surface area contributed by atoms with Gasteiger partial charge in [-0.15, -0.1) is 21.5 Å². The van der Waals surface area contributed by atoms with E-state index in [-0.39, 0.29) is 5.91 Å². The van der Waals surface area contributed by atoms with Crippen LogP contribution in [0, 0.1) is 0 Å². The van der Waals surface area contributed by atoms with Crippen LogP contribution < -0.4 is 9.64 Å². The largest absolute Gasteiger partial charge is 0.446 e. The van der Waals surface area contributed by atoms with Gasteiger partial charge in [0.1, 0.15) is 0 Å². The number of benzene rings is 1. The molecule has 1 aliphatic rings. The molecule has 3 aromatic rings. The molecule has 1 atom stereocenters. The van der Waals surface area contributed by atoms with Crippen molar-refractivity contribution in [3.63, 3.8) is 0 Å². The first kappa shape index (κ1) is 17.9. The summed E-state index contributed by atoms with van der Waals surface area (Å²) < 4.78 is 6.29. The second-order valence-corrected chi connectivity index (χ2v) is 7.72. The first-order valence-electron chi connectivity index (χ1n) is 8.63. The van der Waals surface area contributed by atoms with Crippen LogP contribution in [0.1, 0.15) is 30.9 Å². The lowest BCUT2D eigenvalue weighted by atomic mass is 10.1. The second-order valence-electron chi connectivity index (χ2n) is 5.97.